The highest BCUT2D eigenvalue weighted by molar-refractivity contribution is 6.72. The average Bonchev–Trinajstić information content (AvgIpc) is 3.35. The van der Waals surface area contributed by atoms with Gasteiger partial charge in [0.1, 0.15) is 0 Å². The molecule has 2 aliphatic heterocycles. The first-order valence-corrected chi connectivity index (χ1v) is 16.3. The Morgan fingerprint density at radius 3 is 2.59 bits per heavy atom. The second kappa shape index (κ2) is 10.5. The van der Waals surface area contributed by atoms with E-state index in [4.69, 9.17) is 9.47 Å². The number of methoxy groups -OCH3 is 1. The van der Waals surface area contributed by atoms with Crippen LogP contribution in [0.1, 0.15) is 24.5 Å². The number of ether oxygens (including phenoxy) is 2. The van der Waals surface area contributed by atoms with Crippen molar-refractivity contribution in [3.8, 4) is 11.4 Å². The Labute approximate surface area is 237 Å². The van der Waals surface area contributed by atoms with Crippen LogP contribution >= 0.6 is 0 Å². The molecule has 1 spiro atoms. The molecule has 216 valence electrons. The lowest BCUT2D eigenvalue weighted by Gasteiger charge is -2.31. The number of hydrogen-bond acceptors (Lipinski definition) is 7. The topological polar surface area (TPSA) is 124 Å². The number of carbonyl (C=O) groups excluding carboxylic acids is 1. The third kappa shape index (κ3) is 4.65. The number of hydrogen-bond donors (Lipinski definition) is 1. The first kappa shape index (κ1) is 28.6. The number of nitro benzene ring substituents is 1. The van der Waals surface area contributed by atoms with E-state index in [2.05, 4.69) is 0 Å². The number of aliphatic hydroxyl groups is 1. The second-order valence-corrected chi connectivity index (χ2v) is 14.9. The molecule has 4 atom stereocenters. The van der Waals surface area contributed by atoms with Crippen molar-refractivity contribution in [3.05, 3.63) is 92.4 Å². The van der Waals surface area contributed by atoms with Gasteiger partial charge in [-0.05, 0) is 55.4 Å². The summed E-state index contributed by atoms with van der Waals surface area (Å²) in [5.41, 5.74) is -0.763. The molecule has 1 saturated heterocycles. The first-order chi connectivity index (χ1) is 19.4. The number of nitrogens with zero attached hydrogens (tertiary/aromatic N) is 3. The molecule has 5 rings (SSSR count). The number of fused-ring (bicyclic) bond motifs is 2. The summed E-state index contributed by atoms with van der Waals surface area (Å²) < 4.78 is 28.7. The molecule has 0 unspecified atom stereocenters. The van der Waals surface area contributed by atoms with Crippen molar-refractivity contribution >= 4 is 25.7 Å². The van der Waals surface area contributed by atoms with E-state index in [1.54, 1.807) is 56.5 Å². The van der Waals surface area contributed by atoms with Crippen LogP contribution in [0.4, 0.5) is 15.5 Å². The molecule has 2 aromatic carbocycles. The lowest BCUT2D eigenvalue weighted by Crippen LogP contribution is -2.45. The third-order valence-corrected chi connectivity index (χ3v) is 10.7. The Morgan fingerprint density at radius 1 is 1.17 bits per heavy atom. The maximum Gasteiger partial charge on any atom is 0.297 e. The molecule has 1 aromatic heterocycles. The molecule has 0 radical (unpaired) electrons. The van der Waals surface area contributed by atoms with Crippen molar-refractivity contribution in [3.63, 3.8) is 0 Å². The maximum atomic E-state index is 15.7. The van der Waals surface area contributed by atoms with Gasteiger partial charge in [0.2, 0.25) is 8.41 Å². The number of rotatable bonds is 8. The molecule has 0 saturated carbocycles. The Morgan fingerprint density at radius 2 is 1.93 bits per heavy atom. The zero-order valence-corrected chi connectivity index (χ0v) is 24.2. The quantitative estimate of drug-likeness (QED) is 0.180. The molecule has 3 aromatic rings. The van der Waals surface area contributed by atoms with Crippen LogP contribution < -0.4 is 15.2 Å². The number of non-ortho nitro benzene ring substituents is 1. The zero-order valence-electron chi connectivity index (χ0n) is 23.2. The van der Waals surface area contributed by atoms with Gasteiger partial charge in [-0.15, -0.1) is 0 Å². The number of pyridine rings is 1. The van der Waals surface area contributed by atoms with Gasteiger partial charge in [0, 0.05) is 47.6 Å². The molecule has 2 aliphatic rings. The standard InChI is InChI=1S/C29H32FN3O7Si/c1-18-26(41(3,4)30)24(12-14-34)40-29(18)22-16-21(33(37)38)10-11-23(22)32(28(29)36)17-19-7-5-8-20(15-19)31-13-6-9-25(39-2)27(31)35/h5-11,13,15-16,18,24,26,34H,12,14,17H2,1-4H3/t18-,24+,26-,29+/m0/s1. The predicted molar refractivity (Wildman–Crippen MR) is 153 cm³/mol. The van der Waals surface area contributed by atoms with Crippen LogP contribution in [0.3, 0.4) is 0 Å². The Kier molecular flexibility index (Phi) is 7.34. The summed E-state index contributed by atoms with van der Waals surface area (Å²) >= 11 is 0. The molecule has 12 heteroatoms. The molecule has 10 nitrogen and oxygen atoms in total. The smallest absolute Gasteiger partial charge is 0.297 e. The molecule has 0 bridgehead atoms. The minimum absolute atomic E-state index is 0.0831. The van der Waals surface area contributed by atoms with E-state index in [-0.39, 0.29) is 36.6 Å². The number of aliphatic hydroxyl groups excluding tert-OH is 1. The van der Waals surface area contributed by atoms with Crippen molar-refractivity contribution in [1.82, 2.24) is 4.57 Å². The van der Waals surface area contributed by atoms with Gasteiger partial charge in [0.05, 0.1) is 30.4 Å². The monoisotopic (exact) mass is 581 g/mol. The minimum atomic E-state index is -3.41. The van der Waals surface area contributed by atoms with Gasteiger partial charge in [-0.3, -0.25) is 24.3 Å². The number of anilines is 1. The van der Waals surface area contributed by atoms with Crippen LogP contribution in [-0.4, -0.2) is 48.7 Å². The number of halogens is 1. The van der Waals surface area contributed by atoms with Gasteiger partial charge >= 0.3 is 0 Å². The third-order valence-electron chi connectivity index (χ3n) is 8.23. The van der Waals surface area contributed by atoms with E-state index in [1.165, 1.54) is 34.8 Å². The fraction of sp³-hybridized carbons (Fsp3) is 0.379. The highest BCUT2D eigenvalue weighted by atomic mass is 28.4. The molecule has 3 heterocycles. The van der Waals surface area contributed by atoms with Gasteiger partial charge < -0.3 is 23.6 Å². The fourth-order valence-electron chi connectivity index (χ4n) is 6.52. The van der Waals surface area contributed by atoms with Crippen LogP contribution in [0.25, 0.3) is 5.69 Å². The van der Waals surface area contributed by atoms with E-state index in [0.29, 0.717) is 22.5 Å². The molecule has 1 fully saturated rings. The number of nitro groups is 1. The summed E-state index contributed by atoms with van der Waals surface area (Å²) in [7, 11) is -1.99. The van der Waals surface area contributed by atoms with E-state index in [1.807, 2.05) is 6.07 Å². The van der Waals surface area contributed by atoms with Crippen LogP contribution in [0.2, 0.25) is 18.6 Å². The number of benzene rings is 2. The summed E-state index contributed by atoms with van der Waals surface area (Å²) in [5, 5.41) is 21.4. The van der Waals surface area contributed by atoms with Crippen molar-refractivity contribution in [2.45, 2.75) is 50.2 Å². The van der Waals surface area contributed by atoms with Crippen LogP contribution in [0, 0.1) is 16.0 Å². The highest BCUT2D eigenvalue weighted by Gasteiger charge is 2.66. The SMILES string of the molecule is COc1cccn(-c2cccc(CN3C(=O)[C@]4(O[C@H](CCO)[C@@H]([Si](C)(C)F)[C@@H]4C)c4cc([N+](=O)[O-])ccc43)c2)c1=O. The summed E-state index contributed by atoms with van der Waals surface area (Å²) in [6.07, 6.45) is 1.04. The van der Waals surface area contributed by atoms with E-state index >= 15 is 4.11 Å². The van der Waals surface area contributed by atoms with Crippen LogP contribution in [0.15, 0.2) is 65.6 Å². The number of aromatic nitrogens is 1. The predicted octanol–water partition coefficient (Wildman–Crippen LogP) is 4.46. The Bertz CT molecular complexity index is 1570. The second-order valence-electron chi connectivity index (χ2n) is 11.1. The lowest BCUT2D eigenvalue weighted by molar-refractivity contribution is -0.385. The van der Waals surface area contributed by atoms with Gasteiger partial charge in [-0.1, -0.05) is 19.1 Å². The van der Waals surface area contributed by atoms with E-state index in [9.17, 15) is 24.8 Å². The largest absolute Gasteiger partial charge is 0.491 e. The Hall–Kier alpha value is -3.87. The summed E-state index contributed by atoms with van der Waals surface area (Å²) in [6, 6.07) is 14.6. The molecule has 41 heavy (non-hydrogen) atoms. The summed E-state index contributed by atoms with van der Waals surface area (Å²) in [5.74, 6) is -0.886. The van der Waals surface area contributed by atoms with Gasteiger partial charge in [0.15, 0.2) is 11.4 Å². The normalized spacial score (nSPS) is 23.7. The zero-order chi connectivity index (χ0) is 29.7. The average molecular weight is 582 g/mol. The maximum absolute atomic E-state index is 15.7. The van der Waals surface area contributed by atoms with E-state index < -0.39 is 42.4 Å². The minimum Gasteiger partial charge on any atom is -0.491 e. The molecule has 0 aliphatic carbocycles. The first-order valence-electron chi connectivity index (χ1n) is 13.4. The van der Waals surface area contributed by atoms with Gasteiger partial charge in [-0.2, -0.15) is 0 Å². The van der Waals surface area contributed by atoms with Gasteiger partial charge in [0.25, 0.3) is 17.2 Å². The molecule has 1 N–H and O–H groups in total. The molecular formula is C29H32FN3O7Si. The lowest BCUT2D eigenvalue weighted by atomic mass is 9.82. The summed E-state index contributed by atoms with van der Waals surface area (Å²) in [6.45, 7) is 4.71. The van der Waals surface area contributed by atoms with Crippen molar-refractivity contribution in [2.24, 2.45) is 5.92 Å². The van der Waals surface area contributed by atoms with Crippen molar-refractivity contribution < 1.29 is 28.4 Å². The van der Waals surface area contributed by atoms with Crippen molar-refractivity contribution in [2.75, 3.05) is 18.6 Å². The molecular weight excluding hydrogens is 549 g/mol. The van der Waals surface area contributed by atoms with Gasteiger partial charge in [-0.25, -0.2) is 0 Å². The van der Waals surface area contributed by atoms with Crippen LogP contribution in [-0.2, 0) is 21.7 Å². The summed E-state index contributed by atoms with van der Waals surface area (Å²) in [4.78, 5) is 39.9. The Balaban J connectivity index is 1.60. The highest BCUT2D eigenvalue weighted by Crippen LogP contribution is 2.60. The van der Waals surface area contributed by atoms with Crippen molar-refractivity contribution in [1.29, 1.82) is 0 Å². The fourth-order valence-corrected chi connectivity index (χ4v) is 9.07. The van der Waals surface area contributed by atoms with E-state index in [0.717, 1.165) is 0 Å². The van der Waals surface area contributed by atoms with Crippen LogP contribution in [0.5, 0.6) is 5.75 Å². The molecule has 1 amide bonds. The number of amides is 1. The number of carbonyl (C=O) groups is 1.